The van der Waals surface area contributed by atoms with E-state index >= 15 is 0 Å². The number of aliphatic imine (C=N–C) groups is 1. The molecule has 3 nitrogen and oxygen atoms in total. The molecule has 0 amide bonds. The summed E-state index contributed by atoms with van der Waals surface area (Å²) in [6.45, 7) is 0. The summed E-state index contributed by atoms with van der Waals surface area (Å²) in [4.78, 5) is 6.84. The number of amidine groups is 1. The number of benzene rings is 7. The molecular weight excluding hydrogens is 691 g/mol. The molecule has 6 heteroatoms. The minimum Gasteiger partial charge on any atom is -0.317 e. The lowest BCUT2D eigenvalue weighted by atomic mass is 9.97. The molecule has 0 saturated heterocycles. The van der Waals surface area contributed by atoms with Gasteiger partial charge in [-0.15, -0.1) is 34.0 Å². The Labute approximate surface area is 312 Å². The van der Waals surface area contributed by atoms with Gasteiger partial charge in [-0.25, -0.2) is 4.99 Å². The number of nitrogens with one attached hydrogen (secondary N) is 2. The summed E-state index contributed by atoms with van der Waals surface area (Å²) >= 11 is 5.63. The van der Waals surface area contributed by atoms with Gasteiger partial charge < -0.3 is 5.32 Å². The standard InChI is InChI=1S/C46H31N3S3/c1-49-45(27-11-3-2-4-12-27)47-44(48-46(49)29-22-24-39-35(26-29)31-14-6-7-18-37(31)50-39)28-21-23-40-36(25-28)42-32(15-10-20-41(42)51-40)34-17-9-16-33-30-13-5-8-19-38(30)52-43(33)34/h2-26,45-46H,1H3,(H,47,48)/p+1. The van der Waals surface area contributed by atoms with Gasteiger partial charge in [-0.05, 0) is 60.2 Å². The zero-order chi connectivity index (χ0) is 34.3. The van der Waals surface area contributed by atoms with Gasteiger partial charge in [0.05, 0.1) is 7.05 Å². The van der Waals surface area contributed by atoms with Crippen molar-refractivity contribution in [2.75, 3.05) is 7.05 Å². The molecule has 0 spiro atoms. The highest BCUT2D eigenvalue weighted by Gasteiger charge is 2.35. The van der Waals surface area contributed by atoms with Gasteiger partial charge in [-0.3, -0.25) is 4.90 Å². The Kier molecular flexibility index (Phi) is 6.89. The Morgan fingerprint density at radius 2 is 1.13 bits per heavy atom. The minimum absolute atomic E-state index is 0.0321. The molecular formula is C46H32N3S3+. The Bertz CT molecular complexity index is 3040. The van der Waals surface area contributed by atoms with Crippen molar-refractivity contribution >= 4 is 100 Å². The van der Waals surface area contributed by atoms with Crippen molar-refractivity contribution < 1.29 is 4.90 Å². The van der Waals surface area contributed by atoms with Gasteiger partial charge in [0.1, 0.15) is 5.84 Å². The van der Waals surface area contributed by atoms with E-state index in [-0.39, 0.29) is 12.3 Å². The number of rotatable bonds is 4. The van der Waals surface area contributed by atoms with Crippen LogP contribution in [0.5, 0.6) is 0 Å². The summed E-state index contributed by atoms with van der Waals surface area (Å²) in [6.07, 6.45) is -0.0507. The van der Waals surface area contributed by atoms with Gasteiger partial charge >= 0.3 is 0 Å². The molecule has 0 saturated carbocycles. The molecule has 3 unspecified atom stereocenters. The summed E-state index contributed by atoms with van der Waals surface area (Å²) in [5, 5.41) is 11.8. The predicted octanol–water partition coefficient (Wildman–Crippen LogP) is 11.7. The zero-order valence-electron chi connectivity index (χ0n) is 28.3. The SMILES string of the molecule is C[NH+]1C(c2ccc3sc4ccccc4c3c2)N=C(c2ccc3sc4cccc(-c5cccc6c5sc5ccccc56)c4c3c2)NC1c1ccccc1. The maximum atomic E-state index is 5.54. The molecule has 0 fully saturated rings. The predicted molar refractivity (Wildman–Crippen MR) is 225 cm³/mol. The average Bonchev–Trinajstić information content (AvgIpc) is 3.89. The first kappa shape index (κ1) is 30.3. The Morgan fingerprint density at radius 1 is 0.500 bits per heavy atom. The van der Waals surface area contributed by atoms with E-state index < -0.39 is 0 Å². The van der Waals surface area contributed by atoms with Crippen LogP contribution in [0.3, 0.4) is 0 Å². The molecule has 10 aromatic rings. The second-order valence-electron chi connectivity index (χ2n) is 13.7. The molecule has 248 valence electrons. The number of thiophene rings is 3. The first-order valence-electron chi connectivity index (χ1n) is 17.7. The number of hydrogen-bond donors (Lipinski definition) is 2. The third-order valence-corrected chi connectivity index (χ3v) is 14.2. The van der Waals surface area contributed by atoms with Crippen LogP contribution < -0.4 is 10.2 Å². The topological polar surface area (TPSA) is 28.8 Å². The maximum absolute atomic E-state index is 5.54. The van der Waals surface area contributed by atoms with Crippen LogP contribution >= 0.6 is 34.0 Å². The number of nitrogens with zero attached hydrogens (tertiary/aromatic N) is 1. The lowest BCUT2D eigenvalue weighted by Gasteiger charge is -2.36. The molecule has 3 atom stereocenters. The molecule has 1 aliphatic rings. The monoisotopic (exact) mass is 722 g/mol. The maximum Gasteiger partial charge on any atom is 0.211 e. The van der Waals surface area contributed by atoms with Gasteiger partial charge in [0.15, 0.2) is 6.17 Å². The van der Waals surface area contributed by atoms with Crippen molar-refractivity contribution in [2.45, 2.75) is 12.3 Å². The highest BCUT2D eigenvalue weighted by Crippen LogP contribution is 2.45. The van der Waals surface area contributed by atoms with Crippen LogP contribution in [0.15, 0.2) is 157 Å². The second-order valence-corrected chi connectivity index (χ2v) is 17.0. The van der Waals surface area contributed by atoms with Crippen molar-refractivity contribution in [3.8, 4) is 11.1 Å². The fraction of sp³-hybridized carbons (Fsp3) is 0.0652. The highest BCUT2D eigenvalue weighted by molar-refractivity contribution is 7.27. The second kappa shape index (κ2) is 11.8. The van der Waals surface area contributed by atoms with E-state index in [2.05, 4.69) is 164 Å². The average molecular weight is 723 g/mol. The lowest BCUT2D eigenvalue weighted by molar-refractivity contribution is -0.947. The molecule has 3 aromatic heterocycles. The van der Waals surface area contributed by atoms with Gasteiger partial charge in [0, 0.05) is 82.8 Å². The van der Waals surface area contributed by atoms with E-state index in [1.54, 1.807) is 0 Å². The fourth-order valence-electron chi connectivity index (χ4n) is 8.24. The Morgan fingerprint density at radius 3 is 2.00 bits per heavy atom. The number of quaternary nitrogens is 1. The van der Waals surface area contributed by atoms with E-state index in [1.807, 2.05) is 34.0 Å². The van der Waals surface area contributed by atoms with Gasteiger partial charge in [0.2, 0.25) is 6.17 Å². The van der Waals surface area contributed by atoms with E-state index in [9.17, 15) is 0 Å². The minimum atomic E-state index is -0.0828. The molecule has 11 rings (SSSR count). The first-order valence-corrected chi connectivity index (χ1v) is 20.1. The van der Waals surface area contributed by atoms with Crippen LogP contribution in [0.4, 0.5) is 0 Å². The quantitative estimate of drug-likeness (QED) is 0.186. The highest BCUT2D eigenvalue weighted by atomic mass is 32.1. The fourth-order valence-corrected chi connectivity index (χ4v) is 11.7. The third kappa shape index (κ3) is 4.69. The van der Waals surface area contributed by atoms with Crippen molar-refractivity contribution in [1.82, 2.24) is 5.32 Å². The third-order valence-electron chi connectivity index (χ3n) is 10.7. The normalized spacial score (nSPS) is 17.8. The summed E-state index contributed by atoms with van der Waals surface area (Å²) in [5.41, 5.74) is 6.18. The van der Waals surface area contributed by atoms with Crippen LogP contribution in [-0.4, -0.2) is 12.9 Å². The largest absolute Gasteiger partial charge is 0.317 e. The number of hydrogen-bond acceptors (Lipinski definition) is 5. The van der Waals surface area contributed by atoms with Gasteiger partial charge in [0.25, 0.3) is 0 Å². The molecule has 0 bridgehead atoms. The van der Waals surface area contributed by atoms with Crippen molar-refractivity contribution in [3.05, 3.63) is 168 Å². The smallest absolute Gasteiger partial charge is 0.211 e. The van der Waals surface area contributed by atoms with Crippen molar-refractivity contribution in [1.29, 1.82) is 0 Å². The van der Waals surface area contributed by atoms with E-state index in [1.165, 1.54) is 87.7 Å². The molecule has 0 aliphatic carbocycles. The summed E-state index contributed by atoms with van der Waals surface area (Å²) in [5.74, 6) is 0.935. The molecule has 1 aliphatic heterocycles. The zero-order valence-corrected chi connectivity index (χ0v) is 30.7. The van der Waals surface area contributed by atoms with Gasteiger partial charge in [-0.1, -0.05) is 97.1 Å². The van der Waals surface area contributed by atoms with Crippen LogP contribution in [-0.2, 0) is 0 Å². The van der Waals surface area contributed by atoms with Crippen LogP contribution in [0.2, 0.25) is 0 Å². The van der Waals surface area contributed by atoms with Crippen molar-refractivity contribution in [2.24, 2.45) is 4.99 Å². The Balaban J connectivity index is 1.09. The van der Waals surface area contributed by atoms with Crippen LogP contribution in [0.1, 0.15) is 29.0 Å². The summed E-state index contributed by atoms with van der Waals surface area (Å²) in [6, 6.07) is 55.8. The Hall–Kier alpha value is -5.37. The molecule has 0 radical (unpaired) electrons. The molecule has 52 heavy (non-hydrogen) atoms. The van der Waals surface area contributed by atoms with Gasteiger partial charge in [-0.2, -0.15) is 0 Å². The lowest BCUT2D eigenvalue weighted by Crippen LogP contribution is -3.12. The van der Waals surface area contributed by atoms with Crippen molar-refractivity contribution in [3.63, 3.8) is 0 Å². The van der Waals surface area contributed by atoms with Crippen LogP contribution in [0, 0.1) is 0 Å². The van der Waals surface area contributed by atoms with E-state index in [0.717, 1.165) is 11.4 Å². The van der Waals surface area contributed by atoms with E-state index in [4.69, 9.17) is 4.99 Å². The first-order chi connectivity index (χ1) is 25.7. The van der Waals surface area contributed by atoms with Crippen LogP contribution in [0.25, 0.3) is 71.6 Å². The molecule has 2 N–H and O–H groups in total. The molecule has 7 aromatic carbocycles. The summed E-state index contributed by atoms with van der Waals surface area (Å²) < 4.78 is 7.92. The molecule has 4 heterocycles. The summed E-state index contributed by atoms with van der Waals surface area (Å²) in [7, 11) is 2.27. The number of fused-ring (bicyclic) bond motifs is 9. The van der Waals surface area contributed by atoms with E-state index in [0.29, 0.717) is 0 Å².